The van der Waals surface area contributed by atoms with Gasteiger partial charge in [0.2, 0.25) is 5.91 Å². The molecule has 1 aromatic heterocycles. The number of primary amides is 1. The van der Waals surface area contributed by atoms with Crippen molar-refractivity contribution in [1.82, 2.24) is 4.98 Å². The first-order valence-electron chi connectivity index (χ1n) is 9.89. The third kappa shape index (κ3) is 4.69. The van der Waals surface area contributed by atoms with Crippen molar-refractivity contribution in [2.24, 2.45) is 5.73 Å². The molecule has 0 aliphatic heterocycles. The predicted octanol–water partition coefficient (Wildman–Crippen LogP) is 3.97. The summed E-state index contributed by atoms with van der Waals surface area (Å²) in [6.07, 6.45) is 1.25. The van der Waals surface area contributed by atoms with Crippen LogP contribution in [0.5, 0.6) is 0 Å². The van der Waals surface area contributed by atoms with Gasteiger partial charge in [0.05, 0.1) is 22.9 Å². The fourth-order valence-corrected chi connectivity index (χ4v) is 3.56. The van der Waals surface area contributed by atoms with Crippen LogP contribution in [0.4, 0.5) is 0 Å². The summed E-state index contributed by atoms with van der Waals surface area (Å²) in [6.45, 7) is 3.74. The van der Waals surface area contributed by atoms with Crippen LogP contribution in [0.25, 0.3) is 22.2 Å². The van der Waals surface area contributed by atoms with Gasteiger partial charge in [0, 0.05) is 23.8 Å². The Bertz CT molecular complexity index is 1040. The van der Waals surface area contributed by atoms with Gasteiger partial charge in [-0.05, 0) is 43.0 Å². The van der Waals surface area contributed by atoms with Gasteiger partial charge in [-0.15, -0.1) is 0 Å². The standard InChI is InChI=1S/C24H26N2O3/c1-3-18(27)10-11-19(28)13-16-9-12-21-20(14-16)22(24(25)29)15(2)23(26-21)17-7-5-4-6-8-17/h4-9,12,14,18,27H,3,10-11,13H2,1-2H3,(H2,25,29)/t18-/m1/s1. The number of hydrogen-bond acceptors (Lipinski definition) is 4. The van der Waals surface area contributed by atoms with Gasteiger partial charge in [-0.25, -0.2) is 4.98 Å². The Morgan fingerprint density at radius 1 is 1.14 bits per heavy atom. The number of carbonyl (C=O) groups excluding carboxylic acids is 2. The minimum Gasteiger partial charge on any atom is -0.393 e. The topological polar surface area (TPSA) is 93.3 Å². The van der Waals surface area contributed by atoms with Crippen molar-refractivity contribution in [2.45, 2.75) is 45.6 Å². The van der Waals surface area contributed by atoms with Gasteiger partial charge >= 0.3 is 0 Å². The molecule has 0 aliphatic carbocycles. The summed E-state index contributed by atoms with van der Waals surface area (Å²) < 4.78 is 0. The summed E-state index contributed by atoms with van der Waals surface area (Å²) >= 11 is 0. The van der Waals surface area contributed by atoms with Crippen LogP contribution in [-0.4, -0.2) is 27.9 Å². The Balaban J connectivity index is 1.99. The van der Waals surface area contributed by atoms with Crippen LogP contribution in [0.2, 0.25) is 0 Å². The van der Waals surface area contributed by atoms with Gasteiger partial charge in [-0.3, -0.25) is 9.59 Å². The van der Waals surface area contributed by atoms with Crippen LogP contribution < -0.4 is 5.73 Å². The molecular formula is C24H26N2O3. The van der Waals surface area contributed by atoms with Gasteiger partial charge in [-0.1, -0.05) is 43.3 Å². The molecule has 1 heterocycles. The lowest BCUT2D eigenvalue weighted by Crippen LogP contribution is -2.15. The fraction of sp³-hybridized carbons (Fsp3) is 0.292. The van der Waals surface area contributed by atoms with Crippen molar-refractivity contribution in [3.63, 3.8) is 0 Å². The number of aliphatic hydroxyl groups is 1. The lowest BCUT2D eigenvalue weighted by Gasteiger charge is -2.14. The van der Waals surface area contributed by atoms with E-state index in [-0.39, 0.29) is 12.2 Å². The Labute approximate surface area is 170 Å². The van der Waals surface area contributed by atoms with Crippen LogP contribution in [0, 0.1) is 6.92 Å². The second kappa shape index (κ2) is 8.97. The molecular weight excluding hydrogens is 364 g/mol. The molecule has 0 bridgehead atoms. The molecule has 5 nitrogen and oxygen atoms in total. The molecule has 1 amide bonds. The summed E-state index contributed by atoms with van der Waals surface area (Å²) in [7, 11) is 0. The number of hydrogen-bond donors (Lipinski definition) is 2. The second-order valence-corrected chi connectivity index (χ2v) is 7.36. The number of ketones is 1. The van der Waals surface area contributed by atoms with Crippen LogP contribution in [0.3, 0.4) is 0 Å². The van der Waals surface area contributed by atoms with Gasteiger partial charge in [0.1, 0.15) is 5.78 Å². The number of pyridine rings is 1. The van der Waals surface area contributed by atoms with E-state index in [0.29, 0.717) is 35.7 Å². The molecule has 0 saturated heterocycles. The zero-order valence-electron chi connectivity index (χ0n) is 16.8. The Morgan fingerprint density at radius 3 is 2.52 bits per heavy atom. The van der Waals surface area contributed by atoms with E-state index in [1.807, 2.05) is 62.4 Å². The smallest absolute Gasteiger partial charge is 0.249 e. The molecule has 0 saturated carbocycles. The first-order chi connectivity index (χ1) is 13.9. The maximum absolute atomic E-state index is 12.3. The van der Waals surface area contributed by atoms with Crippen molar-refractivity contribution < 1.29 is 14.7 Å². The van der Waals surface area contributed by atoms with Crippen molar-refractivity contribution in [3.05, 3.63) is 65.2 Å². The van der Waals surface area contributed by atoms with Gasteiger partial charge in [0.25, 0.3) is 0 Å². The summed E-state index contributed by atoms with van der Waals surface area (Å²) in [5.41, 5.74) is 10.00. The molecule has 1 atom stereocenters. The van der Waals surface area contributed by atoms with Crippen molar-refractivity contribution in [1.29, 1.82) is 0 Å². The number of fused-ring (bicyclic) bond motifs is 1. The maximum Gasteiger partial charge on any atom is 0.249 e. The van der Waals surface area contributed by atoms with E-state index >= 15 is 0 Å². The highest BCUT2D eigenvalue weighted by molar-refractivity contribution is 6.08. The molecule has 0 aliphatic rings. The molecule has 0 spiro atoms. The number of aliphatic hydroxyl groups excluding tert-OH is 1. The first-order valence-corrected chi connectivity index (χ1v) is 9.89. The number of nitrogens with two attached hydrogens (primary N) is 1. The maximum atomic E-state index is 12.3. The molecule has 3 rings (SSSR count). The summed E-state index contributed by atoms with van der Waals surface area (Å²) in [4.78, 5) is 29.3. The Morgan fingerprint density at radius 2 is 1.86 bits per heavy atom. The molecule has 150 valence electrons. The number of Topliss-reactive ketones (excluding diaryl/α,β-unsaturated/α-hetero) is 1. The average Bonchev–Trinajstić information content (AvgIpc) is 2.71. The molecule has 0 radical (unpaired) electrons. The van der Waals surface area contributed by atoms with Crippen LogP contribution in [0.1, 0.15) is 47.7 Å². The first kappa shape index (κ1) is 20.7. The number of aromatic nitrogens is 1. The summed E-state index contributed by atoms with van der Waals surface area (Å²) in [5.74, 6) is -0.454. The number of benzene rings is 2. The zero-order chi connectivity index (χ0) is 21.0. The minimum atomic E-state index is -0.512. The molecule has 3 aromatic rings. The van der Waals surface area contributed by atoms with Crippen LogP contribution >= 0.6 is 0 Å². The van der Waals surface area contributed by atoms with Crippen molar-refractivity contribution in [2.75, 3.05) is 0 Å². The van der Waals surface area contributed by atoms with Crippen molar-refractivity contribution in [3.8, 4) is 11.3 Å². The quantitative estimate of drug-likeness (QED) is 0.608. The number of carbonyl (C=O) groups is 2. The van der Waals surface area contributed by atoms with Gasteiger partial charge in [-0.2, -0.15) is 0 Å². The predicted molar refractivity (Wildman–Crippen MR) is 115 cm³/mol. The highest BCUT2D eigenvalue weighted by Gasteiger charge is 2.18. The third-order valence-corrected chi connectivity index (χ3v) is 5.22. The average molecular weight is 390 g/mol. The zero-order valence-corrected chi connectivity index (χ0v) is 16.8. The normalized spacial score (nSPS) is 12.1. The molecule has 2 aromatic carbocycles. The lowest BCUT2D eigenvalue weighted by atomic mass is 9.95. The summed E-state index contributed by atoms with van der Waals surface area (Å²) in [6, 6.07) is 15.2. The SMILES string of the molecule is CC[C@@H](O)CCC(=O)Cc1ccc2nc(-c3ccccc3)c(C)c(C(N)=O)c2c1. The Hall–Kier alpha value is -3.05. The van der Waals surface area contributed by atoms with Crippen LogP contribution in [-0.2, 0) is 11.2 Å². The Kier molecular flexibility index (Phi) is 6.39. The van der Waals surface area contributed by atoms with E-state index in [1.165, 1.54) is 0 Å². The van der Waals surface area contributed by atoms with E-state index in [1.54, 1.807) is 0 Å². The monoisotopic (exact) mass is 390 g/mol. The van der Waals surface area contributed by atoms with Crippen LogP contribution in [0.15, 0.2) is 48.5 Å². The van der Waals surface area contributed by atoms with Gasteiger partial charge < -0.3 is 10.8 Å². The minimum absolute atomic E-state index is 0.0584. The highest BCUT2D eigenvalue weighted by atomic mass is 16.3. The molecule has 0 fully saturated rings. The highest BCUT2D eigenvalue weighted by Crippen LogP contribution is 2.30. The van der Waals surface area contributed by atoms with E-state index in [4.69, 9.17) is 10.7 Å². The number of nitrogens with zero attached hydrogens (tertiary/aromatic N) is 1. The van der Waals surface area contributed by atoms with E-state index in [0.717, 1.165) is 22.4 Å². The molecule has 3 N–H and O–H groups in total. The molecule has 0 unspecified atom stereocenters. The third-order valence-electron chi connectivity index (χ3n) is 5.22. The second-order valence-electron chi connectivity index (χ2n) is 7.36. The van der Waals surface area contributed by atoms with E-state index < -0.39 is 12.0 Å². The number of amides is 1. The largest absolute Gasteiger partial charge is 0.393 e. The van der Waals surface area contributed by atoms with Crippen molar-refractivity contribution >= 4 is 22.6 Å². The number of rotatable bonds is 8. The fourth-order valence-electron chi connectivity index (χ4n) is 3.56. The van der Waals surface area contributed by atoms with E-state index in [9.17, 15) is 14.7 Å². The lowest BCUT2D eigenvalue weighted by molar-refractivity contribution is -0.119. The molecule has 5 heteroatoms. The molecule has 29 heavy (non-hydrogen) atoms. The van der Waals surface area contributed by atoms with E-state index in [2.05, 4.69) is 0 Å². The summed E-state index contributed by atoms with van der Waals surface area (Å²) in [5, 5.41) is 10.3. The van der Waals surface area contributed by atoms with Gasteiger partial charge in [0.15, 0.2) is 0 Å².